The van der Waals surface area contributed by atoms with Crippen molar-refractivity contribution in [3.05, 3.63) is 43.7 Å². The van der Waals surface area contributed by atoms with E-state index in [9.17, 15) is 14.9 Å². The molecule has 9 nitrogen and oxygen atoms in total. The van der Waals surface area contributed by atoms with Crippen molar-refractivity contribution in [3.63, 3.8) is 0 Å². The molecule has 3 atom stereocenters. The first-order valence-corrected chi connectivity index (χ1v) is 12.8. The van der Waals surface area contributed by atoms with Crippen LogP contribution in [0.15, 0.2) is 33.0 Å². The molecule has 0 aromatic heterocycles. The van der Waals surface area contributed by atoms with Gasteiger partial charge in [-0.3, -0.25) is 19.9 Å². The molecule has 192 valence electrons. The van der Waals surface area contributed by atoms with Crippen LogP contribution in [0.2, 0.25) is 0 Å². The fourth-order valence-electron chi connectivity index (χ4n) is 4.99. The van der Waals surface area contributed by atoms with Crippen molar-refractivity contribution in [3.8, 4) is 11.5 Å². The van der Waals surface area contributed by atoms with E-state index in [1.54, 1.807) is 19.1 Å². The van der Waals surface area contributed by atoms with E-state index in [2.05, 4.69) is 27.8 Å². The van der Waals surface area contributed by atoms with E-state index in [-0.39, 0.29) is 43.8 Å². The first-order chi connectivity index (χ1) is 16.8. The second-order valence-electron chi connectivity index (χ2n) is 8.76. The van der Waals surface area contributed by atoms with Gasteiger partial charge in [0.05, 0.1) is 47.7 Å². The molecule has 1 N–H and O–H groups in total. The molecule has 0 spiro atoms. The molecule has 0 bridgehead atoms. The van der Waals surface area contributed by atoms with E-state index in [4.69, 9.17) is 19.3 Å². The Kier molecular flexibility index (Phi) is 9.82. The number of aliphatic hydroxyl groups excluding tert-OH is 1. The largest absolute Gasteiger partial charge is 0.490 e. The van der Waals surface area contributed by atoms with E-state index >= 15 is 0 Å². The van der Waals surface area contributed by atoms with E-state index in [1.807, 2.05) is 6.92 Å². The van der Waals surface area contributed by atoms with Gasteiger partial charge in [0, 0.05) is 12.1 Å². The minimum absolute atomic E-state index is 0.000686. The average Bonchev–Trinajstić information content (AvgIpc) is 2.79. The van der Waals surface area contributed by atoms with Crippen LogP contribution in [0, 0.1) is 22.0 Å². The van der Waals surface area contributed by atoms with Gasteiger partial charge in [-0.05, 0) is 66.2 Å². The summed E-state index contributed by atoms with van der Waals surface area (Å²) in [6.45, 7) is 6.60. The molecule has 2 aliphatic rings. The summed E-state index contributed by atoms with van der Waals surface area (Å²) in [6, 6.07) is 3.50. The number of Topliss-reactive ketones (excluding diaryl/α,β-unsaturated/α-hetero) is 1. The summed E-state index contributed by atoms with van der Waals surface area (Å²) < 4.78 is 17.5. The Labute approximate surface area is 213 Å². The minimum Gasteiger partial charge on any atom is -0.490 e. The SMILES string of the molecule is CCCC1CC(=O)C2C(=NC(C)=C([N+](=O)[O-])C2c2cc(Br)c(OCCOCCO)c(OCC)c2)C1. The molecule has 1 saturated carbocycles. The Bertz CT molecular complexity index is 1010. The molecular formula is C25H33BrN2O7. The van der Waals surface area contributed by atoms with Crippen LogP contribution in [-0.4, -0.2) is 54.6 Å². The van der Waals surface area contributed by atoms with Gasteiger partial charge >= 0.3 is 0 Å². The van der Waals surface area contributed by atoms with E-state index in [0.29, 0.717) is 46.7 Å². The standard InChI is InChI=1S/C25H33BrN2O7/c1-4-6-16-11-19-23(20(30)12-16)22(24(28(31)32)15(3)27-19)17-13-18(26)25(21(14-17)34-5-2)35-10-9-33-8-7-29/h13-14,16,22-23,29H,4-12H2,1-3H3. The maximum Gasteiger partial charge on any atom is 0.275 e. The van der Waals surface area contributed by atoms with Gasteiger partial charge in [-0.25, -0.2) is 0 Å². The number of ether oxygens (including phenoxy) is 3. The molecule has 0 radical (unpaired) electrons. The third kappa shape index (κ3) is 6.29. The Balaban J connectivity index is 2.01. The lowest BCUT2D eigenvalue weighted by Gasteiger charge is -2.36. The molecule has 0 saturated heterocycles. The molecule has 35 heavy (non-hydrogen) atoms. The van der Waals surface area contributed by atoms with E-state index in [1.165, 1.54) is 0 Å². The predicted octanol–water partition coefficient (Wildman–Crippen LogP) is 4.68. The minimum atomic E-state index is -0.759. The summed E-state index contributed by atoms with van der Waals surface area (Å²) in [5.74, 6) is -0.314. The monoisotopic (exact) mass is 552 g/mol. The number of aliphatic imine (C=N–C) groups is 1. The van der Waals surface area contributed by atoms with Gasteiger partial charge in [0.25, 0.3) is 5.70 Å². The van der Waals surface area contributed by atoms with Crippen molar-refractivity contribution in [2.45, 2.75) is 52.4 Å². The lowest BCUT2D eigenvalue weighted by Crippen LogP contribution is -2.41. The Morgan fingerprint density at radius 2 is 1.94 bits per heavy atom. The second-order valence-corrected chi connectivity index (χ2v) is 9.62. The summed E-state index contributed by atoms with van der Waals surface area (Å²) >= 11 is 3.54. The van der Waals surface area contributed by atoms with Crippen molar-refractivity contribution in [2.75, 3.05) is 33.0 Å². The van der Waals surface area contributed by atoms with Crippen LogP contribution in [0.4, 0.5) is 0 Å². The highest BCUT2D eigenvalue weighted by Gasteiger charge is 2.48. The lowest BCUT2D eigenvalue weighted by molar-refractivity contribution is -0.432. The van der Waals surface area contributed by atoms with Crippen LogP contribution in [-0.2, 0) is 9.53 Å². The highest BCUT2D eigenvalue weighted by molar-refractivity contribution is 9.10. The normalized spacial score (nSPS) is 22.0. The van der Waals surface area contributed by atoms with Gasteiger partial charge in [-0.15, -0.1) is 0 Å². The third-order valence-electron chi connectivity index (χ3n) is 6.30. The molecule has 1 heterocycles. The summed E-state index contributed by atoms with van der Waals surface area (Å²) in [5.41, 5.74) is 1.63. The Morgan fingerprint density at radius 3 is 2.60 bits per heavy atom. The molecule has 1 aromatic carbocycles. The van der Waals surface area contributed by atoms with Crippen molar-refractivity contribution in [1.29, 1.82) is 0 Å². The number of benzene rings is 1. The maximum atomic E-state index is 13.3. The molecule has 10 heteroatoms. The fraction of sp³-hybridized carbons (Fsp3) is 0.600. The summed E-state index contributed by atoms with van der Waals surface area (Å²) in [6.07, 6.45) is 3.00. The van der Waals surface area contributed by atoms with Crippen LogP contribution in [0.5, 0.6) is 11.5 Å². The Morgan fingerprint density at radius 1 is 1.17 bits per heavy atom. The predicted molar refractivity (Wildman–Crippen MR) is 135 cm³/mol. The van der Waals surface area contributed by atoms with E-state index in [0.717, 1.165) is 18.6 Å². The van der Waals surface area contributed by atoms with Crippen LogP contribution >= 0.6 is 15.9 Å². The molecule has 1 aromatic rings. The van der Waals surface area contributed by atoms with Crippen molar-refractivity contribution in [1.82, 2.24) is 0 Å². The quantitative estimate of drug-likeness (QED) is 0.227. The molecular weight excluding hydrogens is 520 g/mol. The molecule has 3 rings (SSSR count). The van der Waals surface area contributed by atoms with Crippen molar-refractivity contribution in [2.24, 2.45) is 16.8 Å². The molecule has 1 fully saturated rings. The zero-order chi connectivity index (χ0) is 25.5. The number of ketones is 1. The first-order valence-electron chi connectivity index (χ1n) is 12.0. The highest BCUT2D eigenvalue weighted by atomic mass is 79.9. The molecule has 1 aliphatic carbocycles. The number of fused-ring (bicyclic) bond motifs is 1. The van der Waals surface area contributed by atoms with Crippen LogP contribution < -0.4 is 9.47 Å². The van der Waals surface area contributed by atoms with Gasteiger partial charge in [-0.2, -0.15) is 0 Å². The van der Waals surface area contributed by atoms with Gasteiger partial charge < -0.3 is 19.3 Å². The zero-order valence-corrected chi connectivity index (χ0v) is 22.0. The van der Waals surface area contributed by atoms with Crippen molar-refractivity contribution >= 4 is 27.4 Å². The van der Waals surface area contributed by atoms with Crippen LogP contribution in [0.25, 0.3) is 0 Å². The number of carbonyl (C=O) groups excluding carboxylic acids is 1. The summed E-state index contributed by atoms with van der Waals surface area (Å²) in [5, 5.41) is 21.0. The van der Waals surface area contributed by atoms with Gasteiger partial charge in [0.2, 0.25) is 0 Å². The summed E-state index contributed by atoms with van der Waals surface area (Å²) in [7, 11) is 0. The molecule has 0 amide bonds. The van der Waals surface area contributed by atoms with Crippen LogP contribution in [0.1, 0.15) is 57.9 Å². The van der Waals surface area contributed by atoms with E-state index < -0.39 is 16.8 Å². The molecule has 3 unspecified atom stereocenters. The number of rotatable bonds is 12. The van der Waals surface area contributed by atoms with Gasteiger partial charge in [0.15, 0.2) is 11.5 Å². The van der Waals surface area contributed by atoms with Crippen molar-refractivity contribution < 1.29 is 29.0 Å². The lowest BCUT2D eigenvalue weighted by atomic mass is 9.68. The zero-order valence-electron chi connectivity index (χ0n) is 20.4. The topological polar surface area (TPSA) is 120 Å². The first kappa shape index (κ1) is 27.3. The number of halogens is 1. The second kappa shape index (κ2) is 12.6. The highest BCUT2D eigenvalue weighted by Crippen LogP contribution is 2.47. The Hall–Kier alpha value is -2.30. The number of hydrogen-bond donors (Lipinski definition) is 1. The summed E-state index contributed by atoms with van der Waals surface area (Å²) in [4.78, 5) is 29.6. The maximum absolute atomic E-state index is 13.3. The number of hydrogen-bond acceptors (Lipinski definition) is 8. The molecule has 1 aliphatic heterocycles. The number of aliphatic hydroxyl groups is 1. The fourth-order valence-corrected chi connectivity index (χ4v) is 5.56. The average molecular weight is 553 g/mol. The number of nitrogens with zero attached hydrogens (tertiary/aromatic N) is 2. The van der Waals surface area contributed by atoms with Crippen LogP contribution in [0.3, 0.4) is 0 Å². The number of carbonyl (C=O) groups is 1. The smallest absolute Gasteiger partial charge is 0.275 e. The third-order valence-corrected chi connectivity index (χ3v) is 6.89. The number of allylic oxidation sites excluding steroid dienone is 2. The number of nitro groups is 1. The van der Waals surface area contributed by atoms with Gasteiger partial charge in [0.1, 0.15) is 18.1 Å². The van der Waals surface area contributed by atoms with Gasteiger partial charge in [-0.1, -0.05) is 13.3 Å².